The Labute approximate surface area is 138 Å². The molecule has 0 radical (unpaired) electrons. The molecule has 2 N–H and O–H groups in total. The molecule has 1 aliphatic rings. The van der Waals surface area contributed by atoms with Gasteiger partial charge in [-0.15, -0.1) is 0 Å². The summed E-state index contributed by atoms with van der Waals surface area (Å²) in [5, 5.41) is 0. The number of amides is 1. The quantitative estimate of drug-likeness (QED) is 0.936. The highest BCUT2D eigenvalue weighted by atomic mass is 16.2. The average molecular weight is 308 g/mol. The van der Waals surface area contributed by atoms with Crippen LogP contribution in [-0.4, -0.2) is 17.4 Å². The van der Waals surface area contributed by atoms with Crippen molar-refractivity contribution < 1.29 is 4.79 Å². The minimum absolute atomic E-state index is 0.160. The van der Waals surface area contributed by atoms with E-state index >= 15 is 0 Å². The lowest BCUT2D eigenvalue weighted by molar-refractivity contribution is -0.136. The Morgan fingerprint density at radius 1 is 1.09 bits per heavy atom. The van der Waals surface area contributed by atoms with Gasteiger partial charge in [-0.2, -0.15) is 0 Å². The van der Waals surface area contributed by atoms with Gasteiger partial charge < -0.3 is 10.6 Å². The Morgan fingerprint density at radius 3 is 2.35 bits per heavy atom. The number of benzene rings is 2. The van der Waals surface area contributed by atoms with Crippen LogP contribution in [0.25, 0.3) is 0 Å². The van der Waals surface area contributed by atoms with Gasteiger partial charge in [-0.3, -0.25) is 4.79 Å². The third kappa shape index (κ3) is 3.30. The summed E-state index contributed by atoms with van der Waals surface area (Å²) >= 11 is 0. The smallest absolute Gasteiger partial charge is 0.227 e. The molecular weight excluding hydrogens is 284 g/mol. The highest BCUT2D eigenvalue weighted by Gasteiger charge is 2.34. The number of hydrogen-bond donors (Lipinski definition) is 1. The number of likely N-dealkylation sites (tertiary alicyclic amines) is 1. The minimum atomic E-state index is -0.263. The lowest BCUT2D eigenvalue weighted by Crippen LogP contribution is -2.39. The van der Waals surface area contributed by atoms with E-state index in [1.807, 2.05) is 60.4 Å². The second-order valence-corrected chi connectivity index (χ2v) is 6.33. The Morgan fingerprint density at radius 2 is 1.70 bits per heavy atom. The second kappa shape index (κ2) is 6.97. The zero-order chi connectivity index (χ0) is 16.2. The monoisotopic (exact) mass is 308 g/mol. The van der Waals surface area contributed by atoms with E-state index < -0.39 is 0 Å². The van der Waals surface area contributed by atoms with Crippen molar-refractivity contribution in [2.45, 2.75) is 31.8 Å². The summed E-state index contributed by atoms with van der Waals surface area (Å²) in [5.74, 6) is -0.0607. The van der Waals surface area contributed by atoms with Gasteiger partial charge in [0, 0.05) is 12.6 Å². The highest BCUT2D eigenvalue weighted by Crippen LogP contribution is 2.34. The molecule has 2 aromatic carbocycles. The number of carbonyl (C=O) groups is 1. The molecule has 0 aliphatic carbocycles. The van der Waals surface area contributed by atoms with Crippen LogP contribution in [0.3, 0.4) is 0 Å². The summed E-state index contributed by atoms with van der Waals surface area (Å²) in [5.41, 5.74) is 8.58. The van der Waals surface area contributed by atoms with E-state index in [0.717, 1.165) is 24.9 Å². The van der Waals surface area contributed by atoms with Crippen molar-refractivity contribution in [3.8, 4) is 0 Å². The molecule has 3 atom stereocenters. The number of nitrogens with zero attached hydrogens (tertiary/aromatic N) is 1. The molecule has 0 spiro atoms. The van der Waals surface area contributed by atoms with Gasteiger partial charge in [0.2, 0.25) is 5.91 Å². The lowest BCUT2D eigenvalue weighted by atomic mass is 9.93. The molecule has 1 amide bonds. The molecular formula is C20H24N2O. The first-order valence-electron chi connectivity index (χ1n) is 8.34. The third-order valence-corrected chi connectivity index (χ3v) is 4.83. The largest absolute Gasteiger partial charge is 0.335 e. The zero-order valence-corrected chi connectivity index (χ0v) is 13.6. The standard InChI is InChI=1S/C20H24N2O/c1-15(19(21)17-11-6-3-7-12-17)20(23)22-14-8-13-18(22)16-9-4-2-5-10-16/h2-7,9-12,15,18-19H,8,13-14,21H2,1H3/t15-,18+,19-/m0/s1. The number of carbonyl (C=O) groups excluding carboxylic acids is 1. The first-order chi connectivity index (χ1) is 11.2. The van der Waals surface area contributed by atoms with Crippen LogP contribution in [0.1, 0.15) is 43.0 Å². The predicted octanol–water partition coefficient (Wildman–Crippen LogP) is 3.69. The van der Waals surface area contributed by atoms with Gasteiger partial charge in [0.05, 0.1) is 12.0 Å². The first kappa shape index (κ1) is 15.8. The molecule has 23 heavy (non-hydrogen) atoms. The fourth-order valence-corrected chi connectivity index (χ4v) is 3.43. The van der Waals surface area contributed by atoms with Gasteiger partial charge in [-0.05, 0) is 24.0 Å². The van der Waals surface area contributed by atoms with Gasteiger partial charge in [-0.25, -0.2) is 0 Å². The SMILES string of the molecule is C[C@H](C(=O)N1CCC[C@@H]1c1ccccc1)[C@H](N)c1ccccc1. The maximum Gasteiger partial charge on any atom is 0.227 e. The van der Waals surface area contributed by atoms with Crippen molar-refractivity contribution in [1.29, 1.82) is 0 Å². The molecule has 120 valence electrons. The molecule has 3 nitrogen and oxygen atoms in total. The zero-order valence-electron chi connectivity index (χ0n) is 13.6. The Balaban J connectivity index is 1.76. The van der Waals surface area contributed by atoms with Crippen LogP contribution < -0.4 is 5.73 Å². The van der Waals surface area contributed by atoms with Gasteiger partial charge in [-0.1, -0.05) is 67.6 Å². The van der Waals surface area contributed by atoms with Crippen molar-refractivity contribution in [2.24, 2.45) is 11.7 Å². The summed E-state index contributed by atoms with van der Waals surface area (Å²) in [6, 6.07) is 20.1. The van der Waals surface area contributed by atoms with E-state index in [1.165, 1.54) is 5.56 Å². The third-order valence-electron chi connectivity index (χ3n) is 4.83. The molecule has 1 heterocycles. The Hall–Kier alpha value is -2.13. The van der Waals surface area contributed by atoms with E-state index in [0.29, 0.717) is 0 Å². The first-order valence-corrected chi connectivity index (χ1v) is 8.34. The minimum Gasteiger partial charge on any atom is -0.335 e. The van der Waals surface area contributed by atoms with E-state index in [2.05, 4.69) is 12.1 Å². The van der Waals surface area contributed by atoms with Gasteiger partial charge >= 0.3 is 0 Å². The van der Waals surface area contributed by atoms with Crippen LogP contribution in [-0.2, 0) is 4.79 Å². The molecule has 0 unspecified atom stereocenters. The molecule has 3 heteroatoms. The molecule has 2 aromatic rings. The van der Waals surface area contributed by atoms with Crippen molar-refractivity contribution in [1.82, 2.24) is 4.90 Å². The van der Waals surface area contributed by atoms with Gasteiger partial charge in [0.1, 0.15) is 0 Å². The van der Waals surface area contributed by atoms with Crippen LogP contribution in [0.2, 0.25) is 0 Å². The summed E-state index contributed by atoms with van der Waals surface area (Å²) in [6.07, 6.45) is 2.08. The van der Waals surface area contributed by atoms with Crippen molar-refractivity contribution in [3.63, 3.8) is 0 Å². The summed E-state index contributed by atoms with van der Waals surface area (Å²) < 4.78 is 0. The molecule has 0 saturated carbocycles. The van der Waals surface area contributed by atoms with E-state index in [4.69, 9.17) is 5.73 Å². The number of rotatable bonds is 4. The fourth-order valence-electron chi connectivity index (χ4n) is 3.43. The molecule has 1 aliphatic heterocycles. The van der Waals surface area contributed by atoms with Crippen LogP contribution in [0.5, 0.6) is 0 Å². The summed E-state index contributed by atoms with van der Waals surface area (Å²) in [7, 11) is 0. The van der Waals surface area contributed by atoms with Gasteiger partial charge in [0.15, 0.2) is 0 Å². The fraction of sp³-hybridized carbons (Fsp3) is 0.350. The second-order valence-electron chi connectivity index (χ2n) is 6.33. The van der Waals surface area contributed by atoms with Crippen molar-refractivity contribution in [3.05, 3.63) is 71.8 Å². The topological polar surface area (TPSA) is 46.3 Å². The molecule has 3 rings (SSSR count). The van der Waals surface area contributed by atoms with E-state index in [1.54, 1.807) is 0 Å². The van der Waals surface area contributed by atoms with Crippen LogP contribution in [0, 0.1) is 5.92 Å². The lowest BCUT2D eigenvalue weighted by Gasteiger charge is -2.30. The normalized spacial score (nSPS) is 20.3. The van der Waals surface area contributed by atoms with Crippen LogP contribution >= 0.6 is 0 Å². The average Bonchev–Trinajstić information content (AvgIpc) is 3.11. The van der Waals surface area contributed by atoms with Crippen LogP contribution in [0.15, 0.2) is 60.7 Å². The summed E-state index contributed by atoms with van der Waals surface area (Å²) in [6.45, 7) is 2.77. The van der Waals surface area contributed by atoms with Crippen LogP contribution in [0.4, 0.5) is 0 Å². The summed E-state index contributed by atoms with van der Waals surface area (Å²) in [4.78, 5) is 15.0. The number of nitrogens with two attached hydrogens (primary N) is 1. The van der Waals surface area contributed by atoms with Crippen molar-refractivity contribution in [2.75, 3.05) is 6.54 Å². The maximum atomic E-state index is 13.0. The molecule has 0 bridgehead atoms. The van der Waals surface area contributed by atoms with E-state index in [9.17, 15) is 4.79 Å². The number of hydrogen-bond acceptors (Lipinski definition) is 2. The molecule has 1 fully saturated rings. The van der Waals surface area contributed by atoms with Gasteiger partial charge in [0.25, 0.3) is 0 Å². The van der Waals surface area contributed by atoms with Crippen molar-refractivity contribution >= 4 is 5.91 Å². The van der Waals surface area contributed by atoms with E-state index in [-0.39, 0.29) is 23.9 Å². The Bertz CT molecular complexity index is 641. The molecule has 1 saturated heterocycles. The maximum absolute atomic E-state index is 13.0. The Kier molecular flexibility index (Phi) is 4.77. The molecule has 0 aromatic heterocycles. The predicted molar refractivity (Wildman–Crippen MR) is 92.7 cm³/mol. The highest BCUT2D eigenvalue weighted by molar-refractivity contribution is 5.80.